The molecule has 0 aromatic carbocycles. The maximum absolute atomic E-state index is 14.3. The number of aromatic nitrogens is 5. The second-order valence-electron chi connectivity index (χ2n) is 8.28. The number of nitrogens with zero attached hydrogens (tertiary/aromatic N) is 6. The van der Waals surface area contributed by atoms with Crippen LogP contribution in [0.25, 0.3) is 16.6 Å². The molecule has 0 spiro atoms. The maximum Gasteiger partial charge on any atom is 0.155 e. The first-order valence-electron chi connectivity index (χ1n) is 9.93. The van der Waals surface area contributed by atoms with Crippen LogP contribution >= 0.6 is 11.8 Å². The van der Waals surface area contributed by atoms with Gasteiger partial charge in [0.1, 0.15) is 11.1 Å². The summed E-state index contributed by atoms with van der Waals surface area (Å²) >= 11 is 1.18. The van der Waals surface area contributed by atoms with E-state index in [2.05, 4.69) is 40.4 Å². The summed E-state index contributed by atoms with van der Waals surface area (Å²) in [6, 6.07) is 7.32. The smallest absolute Gasteiger partial charge is 0.155 e. The lowest BCUT2D eigenvalue weighted by Gasteiger charge is -2.17. The molecule has 0 amide bonds. The molecular formula is C22H20FN7S. The van der Waals surface area contributed by atoms with E-state index in [-0.39, 0.29) is 10.6 Å². The van der Waals surface area contributed by atoms with Gasteiger partial charge in [-0.05, 0) is 38.5 Å². The van der Waals surface area contributed by atoms with Crippen LogP contribution in [0.5, 0.6) is 0 Å². The molecule has 0 radical (unpaired) electrons. The second kappa shape index (κ2) is 7.48. The first-order chi connectivity index (χ1) is 14.9. The van der Waals surface area contributed by atoms with E-state index in [0.717, 1.165) is 24.1 Å². The molecule has 1 N–H and O–H groups in total. The lowest BCUT2D eigenvalue weighted by atomic mass is 10.0. The summed E-state index contributed by atoms with van der Waals surface area (Å²) < 4.78 is 17.9. The highest BCUT2D eigenvalue weighted by Gasteiger charge is 2.31. The van der Waals surface area contributed by atoms with Crippen LogP contribution in [0, 0.1) is 17.1 Å². The molecule has 1 fully saturated rings. The molecule has 4 aromatic heterocycles. The summed E-state index contributed by atoms with van der Waals surface area (Å²) in [4.78, 5) is 4.85. The zero-order valence-corrected chi connectivity index (χ0v) is 17.9. The molecule has 5 rings (SSSR count). The summed E-state index contributed by atoms with van der Waals surface area (Å²) in [5.41, 5.74) is 2.98. The molecule has 156 valence electrons. The van der Waals surface area contributed by atoms with Crippen LogP contribution in [0.4, 0.5) is 4.39 Å². The molecule has 1 aliphatic rings. The van der Waals surface area contributed by atoms with Gasteiger partial charge in [0.25, 0.3) is 0 Å². The van der Waals surface area contributed by atoms with Gasteiger partial charge in [0, 0.05) is 46.7 Å². The van der Waals surface area contributed by atoms with E-state index in [4.69, 9.17) is 0 Å². The van der Waals surface area contributed by atoms with E-state index < -0.39 is 5.82 Å². The highest BCUT2D eigenvalue weighted by molar-refractivity contribution is 7.99. The summed E-state index contributed by atoms with van der Waals surface area (Å²) in [5.74, 6) is -0.404. The van der Waals surface area contributed by atoms with Crippen molar-refractivity contribution in [3.8, 4) is 17.2 Å². The third-order valence-electron chi connectivity index (χ3n) is 5.50. The van der Waals surface area contributed by atoms with Gasteiger partial charge in [-0.15, -0.1) is 0 Å². The molecule has 31 heavy (non-hydrogen) atoms. The number of rotatable bonds is 4. The highest BCUT2D eigenvalue weighted by atomic mass is 32.2. The normalized spacial score (nSPS) is 17.8. The summed E-state index contributed by atoms with van der Waals surface area (Å²) in [7, 11) is 0. The van der Waals surface area contributed by atoms with Crippen LogP contribution < -0.4 is 5.32 Å². The monoisotopic (exact) mass is 433 g/mol. The highest BCUT2D eigenvalue weighted by Crippen LogP contribution is 2.36. The Morgan fingerprint density at radius 3 is 2.87 bits per heavy atom. The zero-order valence-electron chi connectivity index (χ0n) is 17.1. The van der Waals surface area contributed by atoms with Crippen molar-refractivity contribution in [1.29, 1.82) is 5.26 Å². The molecule has 0 unspecified atom stereocenters. The number of hydrogen-bond acceptors (Lipinski definition) is 6. The van der Waals surface area contributed by atoms with E-state index >= 15 is 0 Å². The van der Waals surface area contributed by atoms with Crippen molar-refractivity contribution < 1.29 is 4.39 Å². The quantitative estimate of drug-likeness (QED) is 0.522. The number of halogens is 1. The van der Waals surface area contributed by atoms with Crippen LogP contribution in [0.15, 0.2) is 59.1 Å². The van der Waals surface area contributed by atoms with Crippen LogP contribution in [-0.4, -0.2) is 36.5 Å². The van der Waals surface area contributed by atoms with Crippen molar-refractivity contribution in [2.75, 3.05) is 6.54 Å². The van der Waals surface area contributed by atoms with Crippen molar-refractivity contribution in [3.05, 3.63) is 60.6 Å². The van der Waals surface area contributed by atoms with E-state index in [9.17, 15) is 9.65 Å². The molecule has 9 heteroatoms. The van der Waals surface area contributed by atoms with Gasteiger partial charge in [-0.25, -0.2) is 13.9 Å². The van der Waals surface area contributed by atoms with Gasteiger partial charge in [0.05, 0.1) is 29.5 Å². The molecule has 0 aliphatic carbocycles. The van der Waals surface area contributed by atoms with Gasteiger partial charge in [-0.2, -0.15) is 15.5 Å². The Labute approximate surface area is 182 Å². The summed E-state index contributed by atoms with van der Waals surface area (Å²) in [6.07, 6.45) is 9.80. The minimum Gasteiger partial charge on any atom is -0.310 e. The molecule has 1 saturated heterocycles. The second-order valence-corrected chi connectivity index (χ2v) is 9.31. The van der Waals surface area contributed by atoms with Gasteiger partial charge < -0.3 is 5.32 Å². The molecule has 1 atom stereocenters. The Morgan fingerprint density at radius 2 is 2.13 bits per heavy atom. The minimum absolute atomic E-state index is 0.0923. The SMILES string of the molecule is CC1(C)C[C@@H](n2cc(-c3cc(Sc4ncccc4F)c4c(C#N)cnn4c3)cn2)CN1. The van der Waals surface area contributed by atoms with Crippen molar-refractivity contribution in [1.82, 2.24) is 29.7 Å². The number of fused-ring (bicyclic) bond motifs is 1. The molecule has 7 nitrogen and oxygen atoms in total. The Morgan fingerprint density at radius 1 is 1.26 bits per heavy atom. The van der Waals surface area contributed by atoms with Crippen LogP contribution in [0.1, 0.15) is 31.9 Å². The van der Waals surface area contributed by atoms with Gasteiger partial charge in [-0.1, -0.05) is 11.8 Å². The van der Waals surface area contributed by atoms with E-state index in [1.54, 1.807) is 16.8 Å². The zero-order chi connectivity index (χ0) is 21.6. The third kappa shape index (κ3) is 3.69. The lowest BCUT2D eigenvalue weighted by molar-refractivity contribution is 0.423. The molecule has 5 heterocycles. The van der Waals surface area contributed by atoms with Gasteiger partial charge in [-0.3, -0.25) is 4.68 Å². The fourth-order valence-electron chi connectivity index (χ4n) is 3.95. The number of nitriles is 1. The average Bonchev–Trinajstić information content (AvgIpc) is 3.47. The Balaban J connectivity index is 1.56. The lowest BCUT2D eigenvalue weighted by Crippen LogP contribution is -2.31. The fourth-order valence-corrected chi connectivity index (χ4v) is 4.93. The maximum atomic E-state index is 14.3. The van der Waals surface area contributed by atoms with Gasteiger partial charge >= 0.3 is 0 Å². The van der Waals surface area contributed by atoms with Crippen LogP contribution in [0.3, 0.4) is 0 Å². The molecular weight excluding hydrogens is 413 g/mol. The average molecular weight is 434 g/mol. The topological polar surface area (TPSA) is 83.8 Å². The first-order valence-corrected chi connectivity index (χ1v) is 10.7. The third-order valence-corrected chi connectivity index (χ3v) is 6.52. The van der Waals surface area contributed by atoms with Crippen molar-refractivity contribution in [2.45, 2.75) is 41.8 Å². The number of pyridine rings is 2. The standard InChI is InChI=1S/C22H20FN7S/c1-22(2)7-17(11-26-22)29-13-16(10-27-29)14-6-19(31-21-18(23)4-3-5-25-21)20-15(8-24)9-28-30(20)12-14/h3-6,9-10,12-13,17,26H,7,11H2,1-2H3/t17-/m1/s1. The van der Waals surface area contributed by atoms with E-state index in [1.807, 2.05) is 29.3 Å². The Hall–Kier alpha value is -3.22. The number of hydrogen-bond donors (Lipinski definition) is 1. The Kier molecular flexibility index (Phi) is 4.76. The van der Waals surface area contributed by atoms with Crippen molar-refractivity contribution >= 4 is 17.3 Å². The predicted molar refractivity (Wildman–Crippen MR) is 115 cm³/mol. The number of nitrogens with one attached hydrogen (secondary N) is 1. The minimum atomic E-state index is -0.404. The molecule has 1 aliphatic heterocycles. The molecule has 0 saturated carbocycles. The molecule has 4 aromatic rings. The Bertz CT molecular complexity index is 1320. The van der Waals surface area contributed by atoms with Crippen LogP contribution in [0.2, 0.25) is 0 Å². The summed E-state index contributed by atoms with van der Waals surface area (Å²) in [5, 5.41) is 22.2. The van der Waals surface area contributed by atoms with Gasteiger partial charge in [0.15, 0.2) is 5.82 Å². The predicted octanol–water partition coefficient (Wildman–Crippen LogP) is 4.07. The fraction of sp³-hybridized carbons (Fsp3) is 0.273. The van der Waals surface area contributed by atoms with Crippen LogP contribution in [-0.2, 0) is 0 Å². The first kappa shape index (κ1) is 19.7. The summed E-state index contributed by atoms with van der Waals surface area (Å²) in [6.45, 7) is 5.25. The van der Waals surface area contributed by atoms with Gasteiger partial charge in [0.2, 0.25) is 0 Å². The largest absolute Gasteiger partial charge is 0.310 e. The van der Waals surface area contributed by atoms with Crippen molar-refractivity contribution in [3.63, 3.8) is 0 Å². The molecule has 0 bridgehead atoms. The van der Waals surface area contributed by atoms with Crippen molar-refractivity contribution in [2.24, 2.45) is 0 Å². The van der Waals surface area contributed by atoms with E-state index in [0.29, 0.717) is 22.0 Å². The van der Waals surface area contributed by atoms with E-state index in [1.165, 1.54) is 24.0 Å².